The van der Waals surface area contributed by atoms with Crippen molar-refractivity contribution in [3.05, 3.63) is 64.0 Å². The van der Waals surface area contributed by atoms with Crippen molar-refractivity contribution in [2.75, 3.05) is 29.7 Å². The van der Waals surface area contributed by atoms with Gasteiger partial charge in [-0.25, -0.2) is 14.0 Å². The summed E-state index contributed by atoms with van der Waals surface area (Å²) in [5, 5.41) is 25.8. The lowest BCUT2D eigenvalue weighted by atomic mass is 10.2. The summed E-state index contributed by atoms with van der Waals surface area (Å²) in [7, 11) is 3.45. The molecule has 4 aromatic rings. The van der Waals surface area contributed by atoms with Gasteiger partial charge in [-0.2, -0.15) is 10.1 Å². The van der Waals surface area contributed by atoms with Gasteiger partial charge in [-0.15, -0.1) is 0 Å². The number of nitro benzene ring substituents is 1. The molecule has 12 nitrogen and oxygen atoms in total. The van der Waals surface area contributed by atoms with Crippen LogP contribution in [0.3, 0.4) is 0 Å². The average Bonchev–Trinajstić information content (AvgIpc) is 3.22. The molecule has 0 unspecified atom stereocenters. The first-order valence-corrected chi connectivity index (χ1v) is 9.18. The van der Waals surface area contributed by atoms with Gasteiger partial charge in [0.15, 0.2) is 11.6 Å². The van der Waals surface area contributed by atoms with Crippen molar-refractivity contribution in [2.45, 2.75) is 0 Å². The van der Waals surface area contributed by atoms with Crippen LogP contribution in [-0.2, 0) is 0 Å². The molecule has 0 aliphatic heterocycles. The lowest BCUT2D eigenvalue weighted by Gasteiger charge is -2.12. The van der Waals surface area contributed by atoms with E-state index in [0.29, 0.717) is 16.9 Å². The molecular weight excluding hydrogens is 421 g/mol. The third kappa shape index (κ3) is 4.40. The van der Waals surface area contributed by atoms with Gasteiger partial charge in [0.1, 0.15) is 11.5 Å². The maximum Gasteiger partial charge on any atom is 0.293 e. The van der Waals surface area contributed by atoms with E-state index in [1.54, 1.807) is 31.1 Å². The van der Waals surface area contributed by atoms with Crippen molar-refractivity contribution in [3.63, 3.8) is 0 Å². The molecule has 0 fully saturated rings. The number of hydrazone groups is 1. The van der Waals surface area contributed by atoms with Crippen molar-refractivity contribution in [1.82, 2.24) is 20.3 Å². The Morgan fingerprint density at radius 2 is 1.78 bits per heavy atom. The average molecular weight is 437 g/mol. The van der Waals surface area contributed by atoms with E-state index in [1.165, 1.54) is 36.5 Å². The van der Waals surface area contributed by atoms with Crippen LogP contribution in [0.15, 0.2) is 52.2 Å². The number of hydrogen-bond donors (Lipinski definition) is 2. The number of nitrogens with zero attached hydrogens (tertiary/aromatic N) is 7. The standard InChI is InChI=1S/C19H16FN9O3/c1-28(2)14-8-3-11(9-15(14)29(30)31)10-21-25-17-16(22-13-6-4-12(20)5-7-13)23-18-19(24-17)27-32-26-18/h3-10H,1-2H3,(H,22,23,26)(H,24,25,27)/b21-10+. The van der Waals surface area contributed by atoms with Crippen LogP contribution in [0, 0.1) is 15.9 Å². The number of fused-ring (bicyclic) bond motifs is 1. The Balaban J connectivity index is 1.61. The van der Waals surface area contributed by atoms with Crippen molar-refractivity contribution in [2.24, 2.45) is 5.10 Å². The number of aromatic nitrogens is 4. The number of benzene rings is 2. The Hall–Kier alpha value is -4.68. The minimum absolute atomic E-state index is 0.0486. The lowest BCUT2D eigenvalue weighted by Crippen LogP contribution is -2.11. The summed E-state index contributed by atoms with van der Waals surface area (Å²) in [5.74, 6) is 0.0502. The molecule has 2 aromatic heterocycles. The van der Waals surface area contributed by atoms with Gasteiger partial charge in [0, 0.05) is 31.4 Å². The minimum Gasteiger partial charge on any atom is -0.372 e. The van der Waals surface area contributed by atoms with E-state index in [1.807, 2.05) is 0 Å². The van der Waals surface area contributed by atoms with Crippen molar-refractivity contribution < 1.29 is 13.9 Å². The van der Waals surface area contributed by atoms with Crippen LogP contribution in [-0.4, -0.2) is 45.5 Å². The topological polar surface area (TPSA) is 148 Å². The summed E-state index contributed by atoms with van der Waals surface area (Å²) in [4.78, 5) is 21.1. The van der Waals surface area contributed by atoms with Crippen LogP contribution in [0.25, 0.3) is 11.3 Å². The predicted octanol–water partition coefficient (Wildman–Crippen LogP) is 3.32. The largest absolute Gasteiger partial charge is 0.372 e. The summed E-state index contributed by atoms with van der Waals surface area (Å²) < 4.78 is 17.8. The van der Waals surface area contributed by atoms with Crippen molar-refractivity contribution >= 4 is 46.2 Å². The molecule has 162 valence electrons. The van der Waals surface area contributed by atoms with Crippen molar-refractivity contribution in [3.8, 4) is 0 Å². The molecule has 32 heavy (non-hydrogen) atoms. The number of nitrogens with one attached hydrogen (secondary N) is 2. The van der Waals surface area contributed by atoms with E-state index in [0.717, 1.165) is 0 Å². The second-order valence-corrected chi connectivity index (χ2v) is 6.73. The first kappa shape index (κ1) is 20.6. The Labute approximate surface area is 179 Å². The Bertz CT molecular complexity index is 1310. The SMILES string of the molecule is CN(C)c1ccc(/C=N/Nc2nc3nonc3nc2Nc2ccc(F)cc2)cc1[N+](=O)[O-]. The van der Waals surface area contributed by atoms with Crippen molar-refractivity contribution in [1.29, 1.82) is 0 Å². The van der Waals surface area contributed by atoms with Gasteiger partial charge >= 0.3 is 0 Å². The van der Waals surface area contributed by atoms with Crippen LogP contribution in [0.2, 0.25) is 0 Å². The fourth-order valence-electron chi connectivity index (χ4n) is 2.79. The normalized spacial score (nSPS) is 11.1. The number of anilines is 4. The lowest BCUT2D eigenvalue weighted by molar-refractivity contribution is -0.384. The highest BCUT2D eigenvalue weighted by Gasteiger charge is 2.16. The van der Waals surface area contributed by atoms with Crippen LogP contribution >= 0.6 is 0 Å². The molecule has 2 aromatic carbocycles. The number of halogens is 1. The summed E-state index contributed by atoms with van der Waals surface area (Å²) in [6.07, 6.45) is 1.40. The zero-order valence-electron chi connectivity index (χ0n) is 16.9. The minimum atomic E-state index is -0.457. The third-order valence-electron chi connectivity index (χ3n) is 4.28. The molecule has 0 spiro atoms. The molecule has 0 atom stereocenters. The summed E-state index contributed by atoms with van der Waals surface area (Å²) >= 11 is 0. The fourth-order valence-corrected chi connectivity index (χ4v) is 2.79. The van der Waals surface area contributed by atoms with Crippen LogP contribution in [0.4, 0.5) is 33.1 Å². The second kappa shape index (κ2) is 8.59. The number of rotatable bonds is 7. The highest BCUT2D eigenvalue weighted by molar-refractivity contribution is 5.84. The quantitative estimate of drug-likeness (QED) is 0.251. The van der Waals surface area contributed by atoms with Crippen LogP contribution in [0.5, 0.6) is 0 Å². The van der Waals surface area contributed by atoms with Gasteiger partial charge < -0.3 is 10.2 Å². The van der Waals surface area contributed by atoms with Gasteiger partial charge in [0.2, 0.25) is 11.3 Å². The molecule has 2 heterocycles. The molecule has 0 aliphatic rings. The zero-order chi connectivity index (χ0) is 22.7. The summed E-state index contributed by atoms with van der Waals surface area (Å²) in [6.45, 7) is 0. The summed E-state index contributed by atoms with van der Waals surface area (Å²) in [5.41, 5.74) is 4.53. The van der Waals surface area contributed by atoms with Gasteiger partial charge in [0.05, 0.1) is 11.1 Å². The molecular formula is C19H16FN9O3. The highest BCUT2D eigenvalue weighted by atomic mass is 19.1. The van der Waals surface area contributed by atoms with E-state index >= 15 is 0 Å². The Kier molecular flexibility index (Phi) is 5.53. The van der Waals surface area contributed by atoms with E-state index < -0.39 is 4.92 Å². The van der Waals surface area contributed by atoms with Gasteiger partial charge in [-0.05, 0) is 40.6 Å². The molecule has 0 radical (unpaired) electrons. The molecule has 13 heteroatoms. The Morgan fingerprint density at radius 3 is 2.44 bits per heavy atom. The second-order valence-electron chi connectivity index (χ2n) is 6.73. The molecule has 0 amide bonds. The van der Waals surface area contributed by atoms with E-state index in [9.17, 15) is 14.5 Å². The summed E-state index contributed by atoms with van der Waals surface area (Å²) in [6, 6.07) is 10.4. The fraction of sp³-hybridized carbons (Fsp3) is 0.105. The van der Waals surface area contributed by atoms with E-state index in [2.05, 4.69) is 40.8 Å². The molecule has 2 N–H and O–H groups in total. The predicted molar refractivity (Wildman–Crippen MR) is 116 cm³/mol. The zero-order valence-corrected chi connectivity index (χ0v) is 16.9. The third-order valence-corrected chi connectivity index (χ3v) is 4.28. The molecule has 0 saturated carbocycles. The molecule has 0 aliphatic carbocycles. The van der Waals surface area contributed by atoms with E-state index in [4.69, 9.17) is 0 Å². The molecule has 0 bridgehead atoms. The monoisotopic (exact) mass is 437 g/mol. The number of hydrogen-bond acceptors (Lipinski definition) is 11. The molecule has 0 saturated heterocycles. The van der Waals surface area contributed by atoms with Crippen LogP contribution < -0.4 is 15.6 Å². The van der Waals surface area contributed by atoms with Gasteiger partial charge in [-0.3, -0.25) is 15.5 Å². The van der Waals surface area contributed by atoms with Gasteiger partial charge in [0.25, 0.3) is 5.69 Å². The first-order valence-electron chi connectivity index (χ1n) is 9.18. The maximum atomic E-state index is 13.2. The van der Waals surface area contributed by atoms with E-state index in [-0.39, 0.29) is 34.4 Å². The Morgan fingerprint density at radius 1 is 1.09 bits per heavy atom. The smallest absolute Gasteiger partial charge is 0.293 e. The highest BCUT2D eigenvalue weighted by Crippen LogP contribution is 2.27. The van der Waals surface area contributed by atoms with Gasteiger partial charge in [-0.1, -0.05) is 6.07 Å². The number of nitro groups is 1. The maximum absolute atomic E-state index is 13.2. The molecule has 4 rings (SSSR count). The van der Waals surface area contributed by atoms with Crippen LogP contribution in [0.1, 0.15) is 5.56 Å². The first-order chi connectivity index (χ1) is 15.4.